The fraction of sp³-hybridized carbons (Fsp3) is 0.412. The summed E-state index contributed by atoms with van der Waals surface area (Å²) in [4.78, 5) is 26.1. The lowest BCUT2D eigenvalue weighted by molar-refractivity contribution is -0.116. The predicted molar refractivity (Wildman–Crippen MR) is 95.6 cm³/mol. The molecule has 130 valence electrons. The number of aromatic nitrogens is 3. The molecule has 0 atom stereocenters. The van der Waals surface area contributed by atoms with Gasteiger partial charge >= 0.3 is 5.69 Å². The molecular weight excluding hydrogens is 338 g/mol. The van der Waals surface area contributed by atoms with E-state index in [0.717, 1.165) is 24.1 Å². The Bertz CT molecular complexity index is 845. The highest BCUT2D eigenvalue weighted by molar-refractivity contribution is 7.99. The molecule has 0 unspecified atom stereocenters. The number of anilines is 1. The zero-order valence-corrected chi connectivity index (χ0v) is 14.8. The van der Waals surface area contributed by atoms with Crippen LogP contribution in [0.3, 0.4) is 0 Å². The molecule has 7 nitrogen and oxygen atoms in total. The van der Waals surface area contributed by atoms with Crippen LogP contribution in [0.5, 0.6) is 0 Å². The molecule has 1 aromatic carbocycles. The molecular formula is C17H19N5O2S. The number of nitrogens with one attached hydrogen (secondary N) is 1. The third-order valence-corrected chi connectivity index (χ3v) is 4.94. The first kappa shape index (κ1) is 17.3. The lowest BCUT2D eigenvalue weighted by Crippen LogP contribution is -2.33. The third kappa shape index (κ3) is 4.12. The smallest absolute Gasteiger partial charge is 0.311 e. The Hall–Kier alpha value is -2.53. The van der Waals surface area contributed by atoms with Crippen molar-refractivity contribution in [2.24, 2.45) is 0 Å². The number of hydrogen-bond donors (Lipinski definition) is 1. The molecule has 1 heterocycles. The van der Waals surface area contributed by atoms with Crippen molar-refractivity contribution in [3.8, 4) is 6.07 Å². The lowest BCUT2D eigenvalue weighted by atomic mass is 10.2. The number of benzene rings is 1. The molecule has 1 aliphatic carbocycles. The van der Waals surface area contributed by atoms with Crippen LogP contribution in [0.2, 0.25) is 0 Å². The predicted octanol–water partition coefficient (Wildman–Crippen LogP) is 2.25. The Morgan fingerprint density at radius 2 is 2.16 bits per heavy atom. The summed E-state index contributed by atoms with van der Waals surface area (Å²) in [6.07, 6.45) is 2.21. The van der Waals surface area contributed by atoms with E-state index >= 15 is 0 Å². The molecule has 0 bridgehead atoms. The van der Waals surface area contributed by atoms with Crippen LogP contribution in [0.15, 0.2) is 34.2 Å². The number of nitrogens with zero attached hydrogens (tertiary/aromatic N) is 4. The van der Waals surface area contributed by atoms with Gasteiger partial charge in [0.25, 0.3) is 0 Å². The standard InChI is InChI=1S/C17H19N5O2S/c1-12-3-5-13(6-4-12)21(10-2-9-18)15(23)11-25-17-20-19-16(24)22(17)14-7-8-14/h3-6,14H,2,7-8,10-11H2,1H3,(H,19,24). The molecule has 0 spiro atoms. The summed E-state index contributed by atoms with van der Waals surface area (Å²) in [5.41, 5.74) is 1.65. The number of carbonyl (C=O) groups excluding carboxylic acids is 1. The fourth-order valence-corrected chi connectivity index (χ4v) is 3.42. The van der Waals surface area contributed by atoms with E-state index < -0.39 is 0 Å². The lowest BCUT2D eigenvalue weighted by Gasteiger charge is -2.21. The summed E-state index contributed by atoms with van der Waals surface area (Å²) in [5.74, 6) is 0.0537. The fourth-order valence-electron chi connectivity index (χ4n) is 2.54. The van der Waals surface area contributed by atoms with Crippen molar-refractivity contribution in [3.63, 3.8) is 0 Å². The third-order valence-electron chi connectivity index (χ3n) is 4.00. The Balaban J connectivity index is 1.71. The van der Waals surface area contributed by atoms with Gasteiger partial charge in [0.05, 0.1) is 18.2 Å². The minimum absolute atomic E-state index is 0.109. The van der Waals surface area contributed by atoms with Crippen molar-refractivity contribution in [2.45, 2.75) is 37.4 Å². The number of aromatic amines is 1. The highest BCUT2D eigenvalue weighted by Crippen LogP contribution is 2.36. The molecule has 1 saturated carbocycles. The van der Waals surface area contributed by atoms with E-state index in [1.165, 1.54) is 11.8 Å². The largest absolute Gasteiger partial charge is 0.344 e. The normalized spacial score (nSPS) is 13.4. The van der Waals surface area contributed by atoms with Crippen LogP contribution >= 0.6 is 11.8 Å². The average Bonchev–Trinajstić information content (AvgIpc) is 3.37. The number of carbonyl (C=O) groups is 1. The van der Waals surface area contributed by atoms with Crippen molar-refractivity contribution in [1.82, 2.24) is 14.8 Å². The van der Waals surface area contributed by atoms with Crippen molar-refractivity contribution in [1.29, 1.82) is 5.26 Å². The number of rotatable bonds is 7. The second-order valence-electron chi connectivity index (χ2n) is 5.99. The van der Waals surface area contributed by atoms with Gasteiger partial charge in [-0.15, -0.1) is 5.10 Å². The molecule has 0 aliphatic heterocycles. The molecule has 0 radical (unpaired) electrons. The van der Waals surface area contributed by atoms with Crippen LogP contribution in [-0.2, 0) is 4.79 Å². The van der Waals surface area contributed by atoms with Gasteiger partial charge in [-0.1, -0.05) is 29.5 Å². The van der Waals surface area contributed by atoms with Gasteiger partial charge in [0.1, 0.15) is 0 Å². The number of H-pyrrole nitrogens is 1. The summed E-state index contributed by atoms with van der Waals surface area (Å²) in [7, 11) is 0. The second-order valence-corrected chi connectivity index (χ2v) is 6.93. The molecule has 1 N–H and O–H groups in total. The van der Waals surface area contributed by atoms with E-state index in [9.17, 15) is 9.59 Å². The second kappa shape index (κ2) is 7.57. The maximum Gasteiger partial charge on any atom is 0.344 e. The van der Waals surface area contributed by atoms with E-state index in [1.807, 2.05) is 31.2 Å². The Morgan fingerprint density at radius 1 is 1.44 bits per heavy atom. The molecule has 1 aliphatic rings. The van der Waals surface area contributed by atoms with E-state index in [2.05, 4.69) is 16.3 Å². The van der Waals surface area contributed by atoms with Gasteiger partial charge in [0.2, 0.25) is 5.91 Å². The monoisotopic (exact) mass is 357 g/mol. The molecule has 1 fully saturated rings. The summed E-state index contributed by atoms with van der Waals surface area (Å²) < 4.78 is 1.63. The van der Waals surface area contributed by atoms with E-state index in [0.29, 0.717) is 11.7 Å². The van der Waals surface area contributed by atoms with Gasteiger partial charge in [-0.25, -0.2) is 9.89 Å². The average molecular weight is 357 g/mol. The Labute approximate surface area is 149 Å². The Morgan fingerprint density at radius 3 is 2.80 bits per heavy atom. The van der Waals surface area contributed by atoms with Gasteiger partial charge in [-0.3, -0.25) is 9.36 Å². The highest BCUT2D eigenvalue weighted by atomic mass is 32.2. The first-order valence-corrected chi connectivity index (χ1v) is 9.12. The quantitative estimate of drug-likeness (QED) is 0.767. The molecule has 3 rings (SSSR count). The maximum absolute atomic E-state index is 12.7. The van der Waals surface area contributed by atoms with Crippen LogP contribution in [0, 0.1) is 18.3 Å². The summed E-state index contributed by atoms with van der Waals surface area (Å²) in [6.45, 7) is 2.32. The maximum atomic E-state index is 12.7. The molecule has 0 saturated heterocycles. The van der Waals surface area contributed by atoms with Gasteiger partial charge in [0.15, 0.2) is 5.16 Å². The molecule has 2 aromatic rings. The number of nitriles is 1. The van der Waals surface area contributed by atoms with Gasteiger partial charge in [0, 0.05) is 18.3 Å². The van der Waals surface area contributed by atoms with E-state index in [-0.39, 0.29) is 29.8 Å². The van der Waals surface area contributed by atoms with Crippen molar-refractivity contribution in [2.75, 3.05) is 17.2 Å². The molecule has 25 heavy (non-hydrogen) atoms. The summed E-state index contributed by atoms with van der Waals surface area (Å²) in [5, 5.41) is 15.9. The van der Waals surface area contributed by atoms with Crippen LogP contribution in [0.1, 0.15) is 30.9 Å². The summed E-state index contributed by atoms with van der Waals surface area (Å²) in [6, 6.07) is 9.92. The topological polar surface area (TPSA) is 94.8 Å². The van der Waals surface area contributed by atoms with Gasteiger partial charge in [-0.05, 0) is 31.9 Å². The minimum atomic E-state index is -0.225. The number of thioether (sulfide) groups is 1. The first-order chi connectivity index (χ1) is 12.1. The van der Waals surface area contributed by atoms with Crippen LogP contribution in [0.4, 0.5) is 5.69 Å². The SMILES string of the molecule is Cc1ccc(N(CCC#N)C(=O)CSc2n[nH]c(=O)n2C2CC2)cc1. The molecule has 1 amide bonds. The van der Waals surface area contributed by atoms with Crippen molar-refractivity contribution in [3.05, 3.63) is 40.3 Å². The highest BCUT2D eigenvalue weighted by Gasteiger charge is 2.29. The van der Waals surface area contributed by atoms with Crippen molar-refractivity contribution < 1.29 is 4.79 Å². The first-order valence-electron chi connectivity index (χ1n) is 8.14. The summed E-state index contributed by atoms with van der Waals surface area (Å²) >= 11 is 1.25. The zero-order valence-electron chi connectivity index (χ0n) is 13.9. The van der Waals surface area contributed by atoms with Crippen LogP contribution in [-0.4, -0.2) is 33.0 Å². The molecule has 1 aromatic heterocycles. The minimum Gasteiger partial charge on any atom is -0.311 e. The van der Waals surface area contributed by atoms with E-state index in [4.69, 9.17) is 5.26 Å². The zero-order chi connectivity index (χ0) is 17.8. The number of hydrogen-bond acceptors (Lipinski definition) is 5. The van der Waals surface area contributed by atoms with E-state index in [1.54, 1.807) is 9.47 Å². The molecule has 8 heteroatoms. The van der Waals surface area contributed by atoms with Gasteiger partial charge in [-0.2, -0.15) is 5.26 Å². The number of amides is 1. The van der Waals surface area contributed by atoms with Crippen LogP contribution in [0.25, 0.3) is 0 Å². The van der Waals surface area contributed by atoms with Crippen LogP contribution < -0.4 is 10.6 Å². The Kier molecular flexibility index (Phi) is 5.24. The van der Waals surface area contributed by atoms with Gasteiger partial charge < -0.3 is 4.90 Å². The van der Waals surface area contributed by atoms with Crippen molar-refractivity contribution >= 4 is 23.4 Å². The number of aryl methyl sites for hydroxylation is 1.